The number of hydrogen-bond donors (Lipinski definition) is 2. The van der Waals surface area contributed by atoms with Gasteiger partial charge in [0.15, 0.2) is 45.9 Å². The van der Waals surface area contributed by atoms with Gasteiger partial charge in [0.05, 0.1) is 39.7 Å². The summed E-state index contributed by atoms with van der Waals surface area (Å²) in [6.45, 7) is 9.21. The maximum absolute atomic E-state index is 16.0. The number of nitrogen functional groups attached to an aromatic ring is 2. The van der Waals surface area contributed by atoms with Crippen LogP contribution in [0.2, 0.25) is 10.0 Å². The number of ether oxygens (including phenoxy) is 8. The Morgan fingerprint density at radius 3 is 1.51 bits per heavy atom. The van der Waals surface area contributed by atoms with Crippen LogP contribution < -0.4 is 25.3 Å². The highest BCUT2D eigenvalue weighted by atomic mass is 35.5. The summed E-state index contributed by atoms with van der Waals surface area (Å²) in [4.78, 5) is 8.26. The topological polar surface area (TPSA) is 302 Å². The predicted molar refractivity (Wildman–Crippen MR) is 358 cm³/mol. The number of nitrogens with two attached hydrogens (primary N) is 2. The van der Waals surface area contributed by atoms with E-state index in [0.717, 1.165) is 25.7 Å². The Balaban J connectivity index is 0.839. The molecule has 7 aromatic rings. The molecule has 0 spiro atoms. The number of anilines is 2. The number of unbranched alkanes of at least 4 members (excludes halogenated alkanes) is 15. The van der Waals surface area contributed by atoms with E-state index >= 15 is 4.57 Å². The molecule has 0 amide bonds. The first-order valence-electron chi connectivity index (χ1n) is 33.3. The summed E-state index contributed by atoms with van der Waals surface area (Å²) < 4.78 is 90.5. The van der Waals surface area contributed by atoms with Crippen molar-refractivity contribution in [3.8, 4) is 35.5 Å². The summed E-state index contributed by atoms with van der Waals surface area (Å²) in [5.41, 5.74) is 12.2. The smallest absolute Gasteiger partial charge is 0.486 e. The summed E-state index contributed by atoms with van der Waals surface area (Å²) in [5, 5.41) is 41.1. The summed E-state index contributed by atoms with van der Waals surface area (Å²) in [6.07, 6.45) is 15.9. The number of rotatable bonds is 34. The molecule has 4 aromatic heterocycles. The SMILES string of the molecule is CCCCCCCCCCCCCCCCCCOC[C@H](COP(=O)(Oc1cccc(C[C@]2(C#N)O[C@@H](c3ccc4c(N)ncnn34)C3OC(C)(C)OC32)c1Cl)Oc1cccc(C[C@]2(C#N)O[C@@H](c3ccc4c(N)ncnn34)C3OC(C)(C)OC32)c1Cl)Oc1cccc(C#N)c1. The number of phosphoric acid groups is 1. The van der Waals surface area contributed by atoms with Gasteiger partial charge in [0.2, 0.25) is 0 Å². The van der Waals surface area contributed by atoms with E-state index in [1.807, 2.05) is 0 Å². The van der Waals surface area contributed by atoms with Crippen molar-refractivity contribution in [3.63, 3.8) is 0 Å². The third-order valence-electron chi connectivity index (χ3n) is 18.0. The molecule has 4 aliphatic heterocycles. The molecule has 4 unspecified atom stereocenters. The number of phosphoric ester groups is 1. The minimum atomic E-state index is -5.03. The molecule has 4 N–H and O–H groups in total. The molecule has 0 radical (unpaired) electrons. The fourth-order valence-electron chi connectivity index (χ4n) is 13.3. The quantitative estimate of drug-likeness (QED) is 0.0280. The highest BCUT2D eigenvalue weighted by molar-refractivity contribution is 7.49. The average molecular weight is 1370 g/mol. The second-order valence-corrected chi connectivity index (χ2v) is 28.3. The zero-order valence-electron chi connectivity index (χ0n) is 54.9. The van der Waals surface area contributed by atoms with Gasteiger partial charge in [-0.15, -0.1) is 0 Å². The van der Waals surface area contributed by atoms with Crippen LogP contribution in [0.15, 0.2) is 97.6 Å². The molecule has 96 heavy (non-hydrogen) atoms. The maximum atomic E-state index is 16.0. The first-order chi connectivity index (χ1) is 46.3. The van der Waals surface area contributed by atoms with Gasteiger partial charge in [-0.3, -0.25) is 4.52 Å². The Kier molecular flexibility index (Phi) is 22.5. The number of benzene rings is 3. The summed E-state index contributed by atoms with van der Waals surface area (Å²) in [6, 6.07) is 30.1. The van der Waals surface area contributed by atoms with Crippen molar-refractivity contribution in [2.45, 2.75) is 216 Å². The summed E-state index contributed by atoms with van der Waals surface area (Å²) >= 11 is 14.7. The molecule has 4 aliphatic rings. The van der Waals surface area contributed by atoms with Gasteiger partial charge in [-0.1, -0.05) is 157 Å². The van der Waals surface area contributed by atoms with Gasteiger partial charge >= 0.3 is 7.82 Å². The highest BCUT2D eigenvalue weighted by Crippen LogP contribution is 2.57. The van der Waals surface area contributed by atoms with Crippen LogP contribution in [0.4, 0.5) is 11.6 Å². The molecule has 23 nitrogen and oxygen atoms in total. The monoisotopic (exact) mass is 1370 g/mol. The molecular formula is C70H84Cl2N11O12P. The maximum Gasteiger partial charge on any atom is 0.587 e. The van der Waals surface area contributed by atoms with E-state index in [4.69, 9.17) is 86.1 Å². The number of halogens is 2. The summed E-state index contributed by atoms with van der Waals surface area (Å²) in [5.74, 6) is -1.77. The van der Waals surface area contributed by atoms with Crippen LogP contribution in [-0.2, 0) is 55.1 Å². The molecule has 0 aliphatic carbocycles. The van der Waals surface area contributed by atoms with Crippen LogP contribution in [0.3, 0.4) is 0 Å². The van der Waals surface area contributed by atoms with E-state index in [9.17, 15) is 15.8 Å². The van der Waals surface area contributed by atoms with Crippen LogP contribution in [0.5, 0.6) is 17.2 Å². The van der Waals surface area contributed by atoms with Crippen LogP contribution in [-0.4, -0.2) is 102 Å². The molecule has 26 heteroatoms. The van der Waals surface area contributed by atoms with E-state index in [-0.39, 0.29) is 52.6 Å². The lowest BCUT2D eigenvalue weighted by molar-refractivity contribution is -0.200. The second kappa shape index (κ2) is 30.7. The highest BCUT2D eigenvalue weighted by Gasteiger charge is 2.66. The zero-order valence-corrected chi connectivity index (χ0v) is 57.3. The van der Waals surface area contributed by atoms with Gasteiger partial charge in [-0.05, 0) is 99.8 Å². The molecule has 4 fully saturated rings. The van der Waals surface area contributed by atoms with Crippen LogP contribution in [0, 0.1) is 34.0 Å². The van der Waals surface area contributed by atoms with Crippen molar-refractivity contribution in [2.24, 2.45) is 0 Å². The van der Waals surface area contributed by atoms with Gasteiger partial charge in [-0.2, -0.15) is 26.0 Å². The fourth-order valence-corrected chi connectivity index (χ4v) is 15.2. The molecule has 4 saturated heterocycles. The van der Waals surface area contributed by atoms with Crippen LogP contribution >= 0.6 is 31.0 Å². The van der Waals surface area contributed by atoms with Crippen molar-refractivity contribution in [3.05, 3.63) is 136 Å². The Bertz CT molecular complexity index is 3830. The van der Waals surface area contributed by atoms with E-state index < -0.39 is 79.9 Å². The van der Waals surface area contributed by atoms with Crippen LogP contribution in [0.1, 0.15) is 178 Å². The Hall–Kier alpha value is -7.14. The minimum absolute atomic E-state index is 0.0231. The number of nitriles is 3. The zero-order chi connectivity index (χ0) is 67.7. The fraction of sp³-hybridized carbons (Fsp3) is 0.529. The predicted octanol–water partition coefficient (Wildman–Crippen LogP) is 14.6. The van der Waals surface area contributed by atoms with Crippen molar-refractivity contribution in [2.75, 3.05) is 31.3 Å². The van der Waals surface area contributed by atoms with Gasteiger partial charge in [0.25, 0.3) is 0 Å². The number of hydrogen-bond acceptors (Lipinski definition) is 21. The summed E-state index contributed by atoms with van der Waals surface area (Å²) in [7, 11) is -5.03. The average Bonchev–Trinajstić information content (AvgIpc) is 1.57. The van der Waals surface area contributed by atoms with Gasteiger partial charge in [-0.25, -0.2) is 23.6 Å². The first-order valence-corrected chi connectivity index (χ1v) is 35.5. The largest absolute Gasteiger partial charge is 0.587 e. The third-order valence-corrected chi connectivity index (χ3v) is 20.1. The first kappa shape index (κ1) is 70.2. The van der Waals surface area contributed by atoms with Gasteiger partial charge in [0.1, 0.15) is 90.9 Å². The second-order valence-electron chi connectivity index (χ2n) is 26.0. The normalized spacial score (nSPS) is 24.0. The van der Waals surface area contributed by atoms with Gasteiger partial charge < -0.3 is 58.4 Å². The molecule has 0 bridgehead atoms. The lowest BCUT2D eigenvalue weighted by Gasteiger charge is -2.30. The standard InChI is InChI=1S/C70H84Cl2N11O12P/c1-6-7-8-9-10-11-12-13-14-15-16-17-18-19-20-21-35-85-40-50(87-49-28-22-25-46(36-49)39-73)41-86-96(84,94-55-29-23-26-47(57(55)71)37-69(42-74)63-61(88-67(2,3)92-63)59(90-69)51-31-33-53-65(76)78-44-80-82(51)53)95-56-30-24-27-48(58(56)72)38-70(43-75)64-62(89-68(4,5)93-64)60(91-70)52-32-34-54-66(77)79-45-81-83(52)54/h22-34,36,44-45,50,59-64H,6-21,35,37-38,40-41H2,1-5H3,(H2,76,78,80)(H2,77,79,81)/t50-,59+,60+,61?,62?,63?,64?,69-,70-,96?/m1/s1. The van der Waals surface area contributed by atoms with Gasteiger partial charge in [0, 0.05) is 19.4 Å². The van der Waals surface area contributed by atoms with Crippen molar-refractivity contribution in [1.29, 1.82) is 15.8 Å². The minimum Gasteiger partial charge on any atom is -0.486 e. The van der Waals surface area contributed by atoms with E-state index in [2.05, 4.69) is 45.3 Å². The Labute approximate surface area is 570 Å². The molecule has 9 atom stereocenters. The molecule has 510 valence electrons. The van der Waals surface area contributed by atoms with E-state index in [1.165, 1.54) is 102 Å². The number of fused-ring (bicyclic) bond motifs is 4. The Morgan fingerprint density at radius 2 is 1.05 bits per heavy atom. The van der Waals surface area contributed by atoms with Crippen molar-refractivity contribution in [1.82, 2.24) is 29.2 Å². The molecule has 0 saturated carbocycles. The molecular weight excluding hydrogens is 1290 g/mol. The lowest BCUT2D eigenvalue weighted by atomic mass is 9.88. The Morgan fingerprint density at radius 1 is 0.594 bits per heavy atom. The van der Waals surface area contributed by atoms with Crippen LogP contribution in [0.25, 0.3) is 11.0 Å². The van der Waals surface area contributed by atoms with E-state index in [0.29, 0.717) is 51.5 Å². The van der Waals surface area contributed by atoms with Crippen molar-refractivity contribution < 1.29 is 56.0 Å². The molecule has 3 aromatic carbocycles. The number of nitrogens with zero attached hydrogens (tertiary/aromatic N) is 9. The van der Waals surface area contributed by atoms with Crippen molar-refractivity contribution >= 4 is 53.7 Å². The molecule has 8 heterocycles. The lowest BCUT2D eigenvalue weighted by Crippen LogP contribution is -2.44. The molecule has 11 rings (SSSR count). The third kappa shape index (κ3) is 15.9. The number of aromatic nitrogens is 6. The van der Waals surface area contributed by atoms with E-state index in [1.54, 1.807) is 110 Å².